The molecular weight excluding hydrogens is 262 g/mol. The molecule has 1 aromatic rings. The Morgan fingerprint density at radius 3 is 2.57 bits per heavy atom. The van der Waals surface area contributed by atoms with Crippen LogP contribution in [0.15, 0.2) is 18.3 Å². The molecule has 1 aromatic heterocycles. The Morgan fingerprint density at radius 1 is 1.29 bits per heavy atom. The van der Waals surface area contributed by atoms with Crippen molar-refractivity contribution >= 4 is 5.82 Å². The van der Waals surface area contributed by atoms with Gasteiger partial charge in [-0.05, 0) is 32.4 Å². The summed E-state index contributed by atoms with van der Waals surface area (Å²) >= 11 is 0. The smallest absolute Gasteiger partial charge is 0.128 e. The summed E-state index contributed by atoms with van der Waals surface area (Å²) in [4.78, 5) is 4.27. The summed E-state index contributed by atoms with van der Waals surface area (Å²) in [6.45, 7) is 5.86. The zero-order valence-corrected chi connectivity index (χ0v) is 13.4. The number of hydrogen-bond donors (Lipinski definition) is 2. The van der Waals surface area contributed by atoms with Crippen molar-refractivity contribution in [1.82, 2.24) is 10.3 Å². The van der Waals surface area contributed by atoms with E-state index in [0.717, 1.165) is 31.6 Å². The standard InChI is InChI=1S/C17H29N3O/c1-3-19-15(14-10-9-13-20-16(14)18)17(21-4-2)11-7-5-6-8-12-17/h9-10,13,15,19H,3-8,11-12H2,1-2H3,(H2,18,20). The maximum Gasteiger partial charge on any atom is 0.128 e. The molecule has 0 aliphatic heterocycles. The summed E-state index contributed by atoms with van der Waals surface area (Å²) in [5.74, 6) is 0.617. The molecule has 2 rings (SSSR count). The van der Waals surface area contributed by atoms with Crippen molar-refractivity contribution in [3.05, 3.63) is 23.9 Å². The van der Waals surface area contributed by atoms with Crippen molar-refractivity contribution in [2.24, 2.45) is 0 Å². The van der Waals surface area contributed by atoms with E-state index in [-0.39, 0.29) is 11.6 Å². The number of nitrogens with two attached hydrogens (primary N) is 1. The number of pyridine rings is 1. The van der Waals surface area contributed by atoms with Gasteiger partial charge >= 0.3 is 0 Å². The maximum atomic E-state index is 6.33. The molecule has 1 atom stereocenters. The lowest BCUT2D eigenvalue weighted by atomic mass is 9.82. The quantitative estimate of drug-likeness (QED) is 0.788. The van der Waals surface area contributed by atoms with E-state index >= 15 is 0 Å². The number of nitrogen functional groups attached to an aromatic ring is 1. The number of hydrogen-bond acceptors (Lipinski definition) is 4. The van der Waals surface area contributed by atoms with E-state index in [1.807, 2.05) is 6.07 Å². The Morgan fingerprint density at radius 2 is 2.00 bits per heavy atom. The summed E-state index contributed by atoms with van der Waals surface area (Å²) in [5.41, 5.74) is 7.07. The Kier molecular flexibility index (Phi) is 6.00. The molecule has 0 amide bonds. The van der Waals surface area contributed by atoms with Crippen molar-refractivity contribution < 1.29 is 4.74 Å². The van der Waals surface area contributed by atoms with Crippen molar-refractivity contribution in [3.8, 4) is 0 Å². The van der Waals surface area contributed by atoms with E-state index in [1.54, 1.807) is 6.20 Å². The molecule has 3 N–H and O–H groups in total. The lowest BCUT2D eigenvalue weighted by molar-refractivity contribution is -0.0778. The second kappa shape index (κ2) is 7.76. The molecule has 4 nitrogen and oxygen atoms in total. The molecule has 0 aromatic carbocycles. The van der Waals surface area contributed by atoms with Crippen LogP contribution < -0.4 is 11.1 Å². The number of rotatable bonds is 6. The van der Waals surface area contributed by atoms with Crippen molar-refractivity contribution in [2.45, 2.75) is 64.0 Å². The van der Waals surface area contributed by atoms with E-state index in [0.29, 0.717) is 5.82 Å². The summed E-state index contributed by atoms with van der Waals surface area (Å²) in [5, 5.41) is 3.62. The Bertz CT molecular complexity index is 428. The van der Waals surface area contributed by atoms with E-state index in [2.05, 4.69) is 30.2 Å². The largest absolute Gasteiger partial charge is 0.383 e. The lowest BCUT2D eigenvalue weighted by Gasteiger charge is -2.41. The van der Waals surface area contributed by atoms with Crippen molar-refractivity contribution in [2.75, 3.05) is 18.9 Å². The third kappa shape index (κ3) is 3.74. The number of likely N-dealkylation sites (N-methyl/N-ethyl adjacent to an activating group) is 1. The fourth-order valence-electron chi connectivity index (χ4n) is 3.59. The average Bonchev–Trinajstić information content (AvgIpc) is 2.73. The molecule has 118 valence electrons. The molecule has 1 fully saturated rings. The van der Waals surface area contributed by atoms with Gasteiger partial charge in [-0.25, -0.2) is 4.98 Å². The average molecular weight is 291 g/mol. The van der Waals surface area contributed by atoms with Crippen LogP contribution in [-0.2, 0) is 4.74 Å². The van der Waals surface area contributed by atoms with Gasteiger partial charge in [-0.15, -0.1) is 0 Å². The van der Waals surface area contributed by atoms with Gasteiger partial charge in [-0.1, -0.05) is 38.7 Å². The predicted octanol–water partition coefficient (Wildman–Crippen LogP) is 3.44. The summed E-state index contributed by atoms with van der Waals surface area (Å²) in [6, 6.07) is 4.17. The van der Waals surface area contributed by atoms with Gasteiger partial charge in [0.25, 0.3) is 0 Å². The minimum absolute atomic E-state index is 0.120. The normalized spacial score (nSPS) is 19.9. The second-order valence-corrected chi connectivity index (χ2v) is 5.88. The second-order valence-electron chi connectivity index (χ2n) is 5.88. The molecule has 1 heterocycles. The predicted molar refractivity (Wildman–Crippen MR) is 87.1 cm³/mol. The van der Waals surface area contributed by atoms with Gasteiger partial charge in [0.05, 0.1) is 11.6 Å². The van der Waals surface area contributed by atoms with Crippen LogP contribution in [0.2, 0.25) is 0 Å². The summed E-state index contributed by atoms with van der Waals surface area (Å²) < 4.78 is 6.33. The fourth-order valence-corrected chi connectivity index (χ4v) is 3.59. The topological polar surface area (TPSA) is 60.2 Å². The molecule has 1 aliphatic carbocycles. The van der Waals surface area contributed by atoms with Gasteiger partial charge in [0.15, 0.2) is 0 Å². The number of nitrogens with one attached hydrogen (secondary N) is 1. The Hall–Kier alpha value is -1.13. The van der Waals surface area contributed by atoms with Gasteiger partial charge < -0.3 is 15.8 Å². The first kappa shape index (κ1) is 16.2. The molecule has 0 saturated heterocycles. The van der Waals surface area contributed by atoms with Gasteiger partial charge in [0.2, 0.25) is 0 Å². The minimum atomic E-state index is -0.154. The molecule has 0 bridgehead atoms. The first-order valence-electron chi connectivity index (χ1n) is 8.31. The van der Waals surface area contributed by atoms with Crippen LogP contribution in [0.4, 0.5) is 5.82 Å². The fraction of sp³-hybridized carbons (Fsp3) is 0.706. The van der Waals surface area contributed by atoms with Gasteiger partial charge in [-0.2, -0.15) is 0 Å². The van der Waals surface area contributed by atoms with Gasteiger partial charge in [0.1, 0.15) is 5.82 Å². The van der Waals surface area contributed by atoms with Crippen molar-refractivity contribution in [3.63, 3.8) is 0 Å². The highest BCUT2D eigenvalue weighted by Gasteiger charge is 2.41. The molecule has 4 heteroatoms. The van der Waals surface area contributed by atoms with Crippen LogP contribution in [0.1, 0.15) is 64.0 Å². The van der Waals surface area contributed by atoms with E-state index in [1.165, 1.54) is 25.7 Å². The number of nitrogens with zero attached hydrogens (tertiary/aromatic N) is 1. The molecular formula is C17H29N3O. The van der Waals surface area contributed by atoms with Crippen LogP contribution in [-0.4, -0.2) is 23.7 Å². The maximum absolute atomic E-state index is 6.33. The summed E-state index contributed by atoms with van der Waals surface area (Å²) in [6.07, 6.45) is 8.98. The molecule has 1 saturated carbocycles. The highest BCUT2D eigenvalue weighted by Crippen LogP contribution is 2.41. The molecule has 21 heavy (non-hydrogen) atoms. The van der Waals surface area contributed by atoms with E-state index in [9.17, 15) is 0 Å². The minimum Gasteiger partial charge on any atom is -0.383 e. The molecule has 0 spiro atoms. The lowest BCUT2D eigenvalue weighted by Crippen LogP contribution is -2.46. The highest BCUT2D eigenvalue weighted by atomic mass is 16.5. The number of aromatic nitrogens is 1. The number of ether oxygens (including phenoxy) is 1. The van der Waals surface area contributed by atoms with Gasteiger partial charge in [0, 0.05) is 18.4 Å². The zero-order chi connectivity index (χ0) is 15.1. The first-order valence-corrected chi connectivity index (χ1v) is 8.31. The van der Waals surface area contributed by atoms with E-state index in [4.69, 9.17) is 10.5 Å². The number of anilines is 1. The first-order chi connectivity index (χ1) is 10.2. The van der Waals surface area contributed by atoms with Crippen LogP contribution in [0.25, 0.3) is 0 Å². The molecule has 1 aliphatic rings. The Labute approximate surface area is 128 Å². The highest BCUT2D eigenvalue weighted by molar-refractivity contribution is 5.42. The molecule has 0 radical (unpaired) electrons. The van der Waals surface area contributed by atoms with Gasteiger partial charge in [-0.3, -0.25) is 0 Å². The van der Waals surface area contributed by atoms with Crippen LogP contribution in [0.3, 0.4) is 0 Å². The third-order valence-electron chi connectivity index (χ3n) is 4.50. The van der Waals surface area contributed by atoms with E-state index < -0.39 is 0 Å². The van der Waals surface area contributed by atoms with Crippen molar-refractivity contribution in [1.29, 1.82) is 0 Å². The molecule has 1 unspecified atom stereocenters. The monoisotopic (exact) mass is 291 g/mol. The SMILES string of the molecule is CCNC(c1cccnc1N)C1(OCC)CCCCCC1. The van der Waals surface area contributed by atoms with Crippen LogP contribution >= 0.6 is 0 Å². The summed E-state index contributed by atoms with van der Waals surface area (Å²) in [7, 11) is 0. The van der Waals surface area contributed by atoms with Crippen LogP contribution in [0, 0.1) is 0 Å². The Balaban J connectivity index is 2.38. The van der Waals surface area contributed by atoms with Crippen LogP contribution in [0.5, 0.6) is 0 Å². The zero-order valence-electron chi connectivity index (χ0n) is 13.4. The third-order valence-corrected chi connectivity index (χ3v) is 4.50.